The maximum absolute atomic E-state index is 12.4. The van der Waals surface area contributed by atoms with Gasteiger partial charge in [-0.25, -0.2) is 8.42 Å². The lowest BCUT2D eigenvalue weighted by Gasteiger charge is -2.18. The average molecular weight is 448 g/mol. The molecule has 2 rings (SSSR count). The second-order valence-electron chi connectivity index (χ2n) is 6.72. The molecule has 10 heteroatoms. The number of carbonyl (C=O) groups is 3. The minimum absolute atomic E-state index is 0.0518. The van der Waals surface area contributed by atoms with Gasteiger partial charge in [0, 0.05) is 11.3 Å². The van der Waals surface area contributed by atoms with Gasteiger partial charge in [0.05, 0.1) is 12.0 Å². The first-order chi connectivity index (χ1) is 14.5. The lowest BCUT2D eigenvalue weighted by Crippen LogP contribution is -2.42. The summed E-state index contributed by atoms with van der Waals surface area (Å²) in [5, 5.41) is 2.55. The lowest BCUT2D eigenvalue weighted by atomic mass is 10.1. The first-order valence-corrected chi connectivity index (χ1v) is 10.8. The molecular weight excluding hydrogens is 424 g/mol. The molecule has 1 amide bonds. The van der Waals surface area contributed by atoms with E-state index in [0.717, 1.165) is 0 Å². The van der Waals surface area contributed by atoms with Crippen molar-refractivity contribution in [3.05, 3.63) is 54.1 Å². The van der Waals surface area contributed by atoms with Crippen molar-refractivity contribution in [2.75, 3.05) is 12.4 Å². The first kappa shape index (κ1) is 24.0. The van der Waals surface area contributed by atoms with Crippen molar-refractivity contribution in [1.82, 2.24) is 4.72 Å². The molecule has 0 aliphatic heterocycles. The molecule has 0 heterocycles. The Bertz CT molecular complexity index is 1070. The van der Waals surface area contributed by atoms with Crippen LogP contribution in [0.5, 0.6) is 5.75 Å². The van der Waals surface area contributed by atoms with Gasteiger partial charge in [-0.1, -0.05) is 12.1 Å². The molecule has 0 fully saturated rings. The Balaban J connectivity index is 1.97. The largest absolute Gasteiger partial charge is 0.497 e. The molecule has 0 spiro atoms. The number of methoxy groups -OCH3 is 1. The van der Waals surface area contributed by atoms with Gasteiger partial charge in [0.1, 0.15) is 11.8 Å². The highest BCUT2D eigenvalue weighted by Gasteiger charge is 2.26. The van der Waals surface area contributed by atoms with E-state index in [2.05, 4.69) is 10.0 Å². The summed E-state index contributed by atoms with van der Waals surface area (Å²) in [6.07, 6.45) is -1.19. The van der Waals surface area contributed by atoms with Crippen LogP contribution in [-0.2, 0) is 24.3 Å². The van der Waals surface area contributed by atoms with Gasteiger partial charge in [-0.2, -0.15) is 4.72 Å². The Morgan fingerprint density at radius 2 is 1.65 bits per heavy atom. The summed E-state index contributed by atoms with van der Waals surface area (Å²) in [5.74, 6) is -1.22. The molecule has 0 aliphatic rings. The monoisotopic (exact) mass is 448 g/mol. The molecule has 0 saturated carbocycles. The van der Waals surface area contributed by atoms with Crippen molar-refractivity contribution < 1.29 is 32.3 Å². The summed E-state index contributed by atoms with van der Waals surface area (Å²) in [6, 6.07) is 10.7. The highest BCUT2D eigenvalue weighted by molar-refractivity contribution is 7.89. The Morgan fingerprint density at radius 1 is 1.00 bits per heavy atom. The second-order valence-corrected chi connectivity index (χ2v) is 8.44. The normalized spacial score (nSPS) is 13.0. The minimum atomic E-state index is -3.99. The SMILES string of the molecule is COc1ccc(S(=O)(=O)N[C@@H](C)C(=O)OC(C)C(=O)Nc2cccc(C(C)=O)c2)cc1. The molecule has 2 atom stereocenters. The number of benzene rings is 2. The Morgan fingerprint density at radius 3 is 2.23 bits per heavy atom. The van der Waals surface area contributed by atoms with Crippen LogP contribution in [-0.4, -0.2) is 45.3 Å². The summed E-state index contributed by atoms with van der Waals surface area (Å²) in [6.45, 7) is 4.07. The number of hydrogen-bond acceptors (Lipinski definition) is 7. The highest BCUT2D eigenvalue weighted by atomic mass is 32.2. The van der Waals surface area contributed by atoms with Gasteiger partial charge in [0.2, 0.25) is 10.0 Å². The van der Waals surface area contributed by atoms with Gasteiger partial charge in [-0.05, 0) is 57.2 Å². The fourth-order valence-corrected chi connectivity index (χ4v) is 3.69. The zero-order valence-electron chi connectivity index (χ0n) is 17.5. The number of nitrogens with one attached hydrogen (secondary N) is 2. The van der Waals surface area contributed by atoms with Crippen molar-refractivity contribution in [1.29, 1.82) is 0 Å². The van der Waals surface area contributed by atoms with Crippen molar-refractivity contribution in [3.8, 4) is 5.75 Å². The van der Waals surface area contributed by atoms with Crippen molar-refractivity contribution >= 4 is 33.4 Å². The summed E-state index contributed by atoms with van der Waals surface area (Å²) >= 11 is 0. The summed E-state index contributed by atoms with van der Waals surface area (Å²) in [7, 11) is -2.53. The van der Waals surface area contributed by atoms with Gasteiger partial charge in [-0.3, -0.25) is 14.4 Å². The van der Waals surface area contributed by atoms with Crippen molar-refractivity contribution in [2.24, 2.45) is 0 Å². The van der Waals surface area contributed by atoms with E-state index in [1.54, 1.807) is 18.2 Å². The zero-order valence-corrected chi connectivity index (χ0v) is 18.4. The molecule has 0 saturated heterocycles. The third-order valence-corrected chi connectivity index (χ3v) is 5.81. The van der Waals surface area contributed by atoms with Crippen LogP contribution in [0.1, 0.15) is 31.1 Å². The van der Waals surface area contributed by atoms with Crippen molar-refractivity contribution in [3.63, 3.8) is 0 Å². The second kappa shape index (κ2) is 10.2. The number of hydrogen-bond donors (Lipinski definition) is 2. The van der Waals surface area contributed by atoms with E-state index < -0.39 is 34.0 Å². The van der Waals surface area contributed by atoms with Crippen LogP contribution in [0.15, 0.2) is 53.4 Å². The topological polar surface area (TPSA) is 128 Å². The van der Waals surface area contributed by atoms with Gasteiger partial charge in [-0.15, -0.1) is 0 Å². The van der Waals surface area contributed by atoms with Crippen LogP contribution in [0.3, 0.4) is 0 Å². The number of ether oxygens (including phenoxy) is 2. The van der Waals surface area contributed by atoms with E-state index >= 15 is 0 Å². The fraction of sp³-hybridized carbons (Fsp3) is 0.286. The Hall–Kier alpha value is -3.24. The molecule has 0 bridgehead atoms. The predicted molar refractivity (Wildman–Crippen MR) is 113 cm³/mol. The Kier molecular flexibility index (Phi) is 7.89. The van der Waals surface area contributed by atoms with Crippen LogP contribution >= 0.6 is 0 Å². The molecule has 2 N–H and O–H groups in total. The first-order valence-electron chi connectivity index (χ1n) is 9.32. The number of esters is 1. The fourth-order valence-electron chi connectivity index (χ4n) is 2.49. The van der Waals surface area contributed by atoms with Crippen LogP contribution in [0.2, 0.25) is 0 Å². The van der Waals surface area contributed by atoms with Crippen LogP contribution in [0, 0.1) is 0 Å². The number of amides is 1. The molecule has 0 radical (unpaired) electrons. The van der Waals surface area contributed by atoms with E-state index in [4.69, 9.17) is 9.47 Å². The van der Waals surface area contributed by atoms with Crippen molar-refractivity contribution in [2.45, 2.75) is 37.8 Å². The van der Waals surface area contributed by atoms with Gasteiger partial charge >= 0.3 is 5.97 Å². The number of rotatable bonds is 9. The summed E-state index contributed by atoms with van der Waals surface area (Å²) in [4.78, 5) is 36.0. The minimum Gasteiger partial charge on any atom is -0.497 e. The summed E-state index contributed by atoms with van der Waals surface area (Å²) in [5.41, 5.74) is 0.790. The molecule has 2 aromatic carbocycles. The van der Waals surface area contributed by atoms with Gasteiger partial charge in [0.15, 0.2) is 11.9 Å². The third kappa shape index (κ3) is 6.63. The number of anilines is 1. The van der Waals surface area contributed by atoms with Crippen LogP contribution in [0.25, 0.3) is 0 Å². The average Bonchev–Trinajstić information content (AvgIpc) is 2.73. The molecule has 0 aliphatic carbocycles. The molecule has 9 nitrogen and oxygen atoms in total. The van der Waals surface area contributed by atoms with E-state index in [1.165, 1.54) is 58.2 Å². The number of carbonyl (C=O) groups excluding carboxylic acids is 3. The molecular formula is C21H24N2O7S. The van der Waals surface area contributed by atoms with Gasteiger partial charge in [0.25, 0.3) is 5.91 Å². The van der Waals surface area contributed by atoms with E-state index in [1.807, 2.05) is 0 Å². The standard InChI is InChI=1S/C21H24N2O7S/c1-13(23-31(27,28)19-10-8-18(29-4)9-11-19)21(26)30-15(3)20(25)22-17-7-5-6-16(12-17)14(2)24/h5-13,15,23H,1-4H3,(H,22,25)/t13-,15?/m0/s1. The number of Topliss-reactive ketones (excluding diaryl/α,β-unsaturated/α-hetero) is 1. The van der Waals surface area contributed by atoms with E-state index in [9.17, 15) is 22.8 Å². The molecule has 166 valence electrons. The van der Waals surface area contributed by atoms with E-state index in [-0.39, 0.29) is 10.7 Å². The van der Waals surface area contributed by atoms with Crippen LogP contribution in [0.4, 0.5) is 5.69 Å². The maximum atomic E-state index is 12.4. The molecule has 0 aromatic heterocycles. The van der Waals surface area contributed by atoms with E-state index in [0.29, 0.717) is 17.0 Å². The number of sulfonamides is 1. The smallest absolute Gasteiger partial charge is 0.324 e. The van der Waals surface area contributed by atoms with Gasteiger partial charge < -0.3 is 14.8 Å². The predicted octanol–water partition coefficient (Wildman–Crippen LogP) is 2.13. The lowest BCUT2D eigenvalue weighted by molar-refractivity contribution is -0.154. The Labute approximate surface area is 180 Å². The molecule has 2 aromatic rings. The quantitative estimate of drug-likeness (QED) is 0.444. The molecule has 1 unspecified atom stereocenters. The zero-order chi connectivity index (χ0) is 23.2. The van der Waals surface area contributed by atoms with Crippen LogP contribution < -0.4 is 14.8 Å². The highest BCUT2D eigenvalue weighted by Crippen LogP contribution is 2.16. The maximum Gasteiger partial charge on any atom is 0.324 e. The number of ketones is 1. The molecule has 31 heavy (non-hydrogen) atoms. The summed E-state index contributed by atoms with van der Waals surface area (Å²) < 4.78 is 37.1. The third-order valence-electron chi connectivity index (χ3n) is 4.25.